The number of Topliss-reactive ketones (excluding diaryl/α,β-unsaturated/α-hetero) is 1. The Bertz CT molecular complexity index is 1020. The van der Waals surface area contributed by atoms with E-state index in [4.69, 9.17) is 4.74 Å². The van der Waals surface area contributed by atoms with Gasteiger partial charge in [-0.25, -0.2) is 4.68 Å². The molecule has 0 saturated heterocycles. The molecule has 1 aliphatic heterocycles. The molecule has 2 aliphatic rings. The zero-order valence-electron chi connectivity index (χ0n) is 18.5. The molecule has 0 saturated carbocycles. The number of carbonyl (C=O) groups excluding carboxylic acids is 2. The van der Waals surface area contributed by atoms with E-state index in [2.05, 4.69) is 29.2 Å². The molecule has 0 radical (unpaired) electrons. The number of benzene rings is 1. The highest BCUT2D eigenvalue weighted by Crippen LogP contribution is 2.45. The molecule has 8 heteroatoms. The summed E-state index contributed by atoms with van der Waals surface area (Å²) in [6.07, 6.45) is 2.79. The van der Waals surface area contributed by atoms with E-state index < -0.39 is 0 Å². The van der Waals surface area contributed by atoms with Crippen molar-refractivity contribution in [1.82, 2.24) is 19.7 Å². The number of rotatable bonds is 6. The van der Waals surface area contributed by atoms with Crippen LogP contribution in [0.15, 0.2) is 41.9 Å². The minimum atomic E-state index is -0.330. The molecule has 1 aliphatic carbocycles. The minimum Gasteiger partial charge on any atom is -0.484 e. The Morgan fingerprint density at radius 3 is 2.61 bits per heavy atom. The molecule has 1 amide bonds. The van der Waals surface area contributed by atoms with Crippen LogP contribution in [0.2, 0.25) is 0 Å². The van der Waals surface area contributed by atoms with E-state index in [-0.39, 0.29) is 29.8 Å². The molecule has 0 fully saturated rings. The number of hydrogen-bond donors (Lipinski definition) is 1. The second-order valence-electron chi connectivity index (χ2n) is 8.81. The summed E-state index contributed by atoms with van der Waals surface area (Å²) in [4.78, 5) is 31.3. The molecule has 4 rings (SSSR count). The fourth-order valence-corrected chi connectivity index (χ4v) is 4.42. The van der Waals surface area contributed by atoms with Gasteiger partial charge in [0, 0.05) is 30.8 Å². The maximum absolute atomic E-state index is 13.1. The molecule has 0 bridgehead atoms. The molecule has 31 heavy (non-hydrogen) atoms. The normalized spacial score (nSPS) is 19.4. The summed E-state index contributed by atoms with van der Waals surface area (Å²) in [5, 5.41) is 7.68. The van der Waals surface area contributed by atoms with Gasteiger partial charge in [0.1, 0.15) is 18.1 Å². The summed E-state index contributed by atoms with van der Waals surface area (Å²) in [5.41, 5.74) is 2.51. The van der Waals surface area contributed by atoms with Crippen LogP contribution < -0.4 is 10.1 Å². The lowest BCUT2D eigenvalue weighted by Crippen LogP contribution is -2.36. The van der Waals surface area contributed by atoms with Gasteiger partial charge in [0.2, 0.25) is 5.95 Å². The Balaban J connectivity index is 1.59. The maximum atomic E-state index is 13.1. The fourth-order valence-electron chi connectivity index (χ4n) is 4.42. The van der Waals surface area contributed by atoms with Crippen molar-refractivity contribution in [2.75, 3.05) is 25.0 Å². The number of hydrogen-bond acceptors (Lipinski definition) is 6. The highest BCUT2D eigenvalue weighted by atomic mass is 16.5. The maximum Gasteiger partial charge on any atom is 0.260 e. The first kappa shape index (κ1) is 21.1. The number of ketones is 1. The number of carbonyl (C=O) groups is 2. The molecular weight excluding hydrogens is 394 g/mol. The van der Waals surface area contributed by atoms with Gasteiger partial charge >= 0.3 is 0 Å². The molecule has 1 atom stereocenters. The topological polar surface area (TPSA) is 89.3 Å². The van der Waals surface area contributed by atoms with E-state index in [0.717, 1.165) is 23.3 Å². The highest BCUT2D eigenvalue weighted by Gasteiger charge is 2.41. The number of aromatic nitrogens is 3. The first-order valence-electron chi connectivity index (χ1n) is 10.8. The van der Waals surface area contributed by atoms with Crippen molar-refractivity contribution in [2.24, 2.45) is 5.41 Å². The van der Waals surface area contributed by atoms with Crippen LogP contribution in [0.4, 0.5) is 5.95 Å². The van der Waals surface area contributed by atoms with Crippen LogP contribution in [-0.2, 0) is 9.59 Å². The predicted molar refractivity (Wildman–Crippen MR) is 117 cm³/mol. The molecule has 0 unspecified atom stereocenters. The zero-order chi connectivity index (χ0) is 22.2. The second-order valence-corrected chi connectivity index (χ2v) is 8.81. The van der Waals surface area contributed by atoms with Gasteiger partial charge in [0.05, 0.1) is 0 Å². The van der Waals surface area contributed by atoms with Crippen LogP contribution >= 0.6 is 0 Å². The molecule has 8 nitrogen and oxygen atoms in total. The lowest BCUT2D eigenvalue weighted by atomic mass is 9.73. The molecular formula is C23H29N5O3. The number of nitrogens with zero attached hydrogens (tertiary/aromatic N) is 4. The summed E-state index contributed by atoms with van der Waals surface area (Å²) in [7, 11) is 0. The van der Waals surface area contributed by atoms with Gasteiger partial charge in [0.15, 0.2) is 12.4 Å². The van der Waals surface area contributed by atoms with Crippen LogP contribution in [-0.4, -0.2) is 51.1 Å². The van der Waals surface area contributed by atoms with E-state index in [0.29, 0.717) is 31.2 Å². The van der Waals surface area contributed by atoms with Crippen molar-refractivity contribution in [1.29, 1.82) is 0 Å². The van der Waals surface area contributed by atoms with Crippen molar-refractivity contribution in [3.05, 3.63) is 47.4 Å². The number of fused-ring (bicyclic) bond motifs is 1. The number of ether oxygens (including phenoxy) is 1. The van der Waals surface area contributed by atoms with Gasteiger partial charge < -0.3 is 15.0 Å². The predicted octanol–water partition coefficient (Wildman–Crippen LogP) is 3.18. The summed E-state index contributed by atoms with van der Waals surface area (Å²) >= 11 is 0. The van der Waals surface area contributed by atoms with Crippen LogP contribution in [0.25, 0.3) is 0 Å². The van der Waals surface area contributed by atoms with Gasteiger partial charge in [-0.3, -0.25) is 9.59 Å². The summed E-state index contributed by atoms with van der Waals surface area (Å²) in [5.74, 6) is 1.35. The van der Waals surface area contributed by atoms with E-state index in [1.54, 1.807) is 9.58 Å². The second kappa shape index (κ2) is 8.17. The zero-order valence-corrected chi connectivity index (χ0v) is 18.5. The van der Waals surface area contributed by atoms with Crippen molar-refractivity contribution >= 4 is 17.6 Å². The SMILES string of the molecule is CCN(CC)C(=O)COc1ccc([C@H]2C3=C(CC(C)(C)CC3=O)Nc3ncnn32)cc1. The number of amides is 1. The molecule has 1 N–H and O–H groups in total. The standard InChI is InChI=1S/C23H29N5O3/c1-5-27(6-2)19(30)13-31-16-9-7-15(8-10-16)21-20-17(11-23(3,4)12-18(20)29)26-22-24-14-25-28(21)22/h7-10,14,21H,5-6,11-13H2,1-4H3,(H,24,25,26)/t21-/m0/s1. The van der Waals surface area contributed by atoms with Crippen molar-refractivity contribution in [2.45, 2.75) is 46.6 Å². The summed E-state index contributed by atoms with van der Waals surface area (Å²) in [6.45, 7) is 9.44. The minimum absolute atomic E-state index is 0.00443. The third-order valence-corrected chi connectivity index (χ3v) is 5.95. The van der Waals surface area contributed by atoms with E-state index in [1.807, 2.05) is 38.1 Å². The van der Waals surface area contributed by atoms with Crippen LogP contribution in [0, 0.1) is 5.41 Å². The number of nitrogens with one attached hydrogen (secondary N) is 1. The average molecular weight is 424 g/mol. The van der Waals surface area contributed by atoms with Crippen LogP contribution in [0.1, 0.15) is 52.1 Å². The Kier molecular flexibility index (Phi) is 5.56. The molecule has 164 valence electrons. The first-order valence-corrected chi connectivity index (χ1v) is 10.8. The van der Waals surface area contributed by atoms with Crippen LogP contribution in [0.3, 0.4) is 0 Å². The third-order valence-electron chi connectivity index (χ3n) is 5.95. The van der Waals surface area contributed by atoms with E-state index in [1.165, 1.54) is 6.33 Å². The summed E-state index contributed by atoms with van der Waals surface area (Å²) < 4.78 is 7.45. The first-order chi connectivity index (χ1) is 14.8. The van der Waals surface area contributed by atoms with Gasteiger partial charge in [-0.2, -0.15) is 10.1 Å². The molecule has 1 aromatic heterocycles. The van der Waals surface area contributed by atoms with E-state index in [9.17, 15) is 9.59 Å². The number of allylic oxidation sites excluding steroid dienone is 2. The smallest absolute Gasteiger partial charge is 0.260 e. The Hall–Kier alpha value is -3.16. The van der Waals surface area contributed by atoms with Gasteiger partial charge in [-0.05, 0) is 43.4 Å². The monoisotopic (exact) mass is 423 g/mol. The lowest BCUT2D eigenvalue weighted by molar-refractivity contribution is -0.133. The van der Waals surface area contributed by atoms with Crippen LogP contribution in [0.5, 0.6) is 5.75 Å². The number of likely N-dealkylation sites (N-methyl/N-ethyl adjacent to an activating group) is 1. The quantitative estimate of drug-likeness (QED) is 0.768. The average Bonchev–Trinajstić information content (AvgIpc) is 3.19. The van der Waals surface area contributed by atoms with Gasteiger partial charge in [-0.1, -0.05) is 26.0 Å². The third kappa shape index (κ3) is 4.06. The Morgan fingerprint density at radius 2 is 1.94 bits per heavy atom. The van der Waals surface area contributed by atoms with Crippen molar-refractivity contribution in [3.63, 3.8) is 0 Å². The molecule has 2 aromatic rings. The van der Waals surface area contributed by atoms with Gasteiger partial charge in [-0.15, -0.1) is 0 Å². The van der Waals surface area contributed by atoms with Gasteiger partial charge in [0.25, 0.3) is 5.91 Å². The number of anilines is 1. The molecule has 0 spiro atoms. The molecule has 2 heterocycles. The Labute approximate surface area is 182 Å². The lowest BCUT2D eigenvalue weighted by Gasteiger charge is -2.38. The summed E-state index contributed by atoms with van der Waals surface area (Å²) in [6, 6.07) is 7.19. The van der Waals surface area contributed by atoms with E-state index >= 15 is 0 Å². The molecule has 1 aromatic carbocycles. The largest absolute Gasteiger partial charge is 0.484 e. The van der Waals surface area contributed by atoms with Crippen molar-refractivity contribution in [3.8, 4) is 5.75 Å². The van der Waals surface area contributed by atoms with Crippen molar-refractivity contribution < 1.29 is 14.3 Å². The Morgan fingerprint density at radius 1 is 1.23 bits per heavy atom. The fraction of sp³-hybridized carbons (Fsp3) is 0.478. The highest BCUT2D eigenvalue weighted by molar-refractivity contribution is 6.00.